The normalized spacial score (nSPS) is 16.1. The van der Waals surface area contributed by atoms with Gasteiger partial charge in [0.05, 0.1) is 6.61 Å². The van der Waals surface area contributed by atoms with Crippen LogP contribution in [0.1, 0.15) is 54.4 Å². The summed E-state index contributed by atoms with van der Waals surface area (Å²) in [5.74, 6) is 0.754. The predicted octanol–water partition coefficient (Wildman–Crippen LogP) is 3.46. The molecule has 0 saturated heterocycles. The van der Waals surface area contributed by atoms with Crippen LogP contribution in [0.3, 0.4) is 0 Å². The van der Waals surface area contributed by atoms with E-state index in [1.807, 2.05) is 0 Å². The molecule has 0 heterocycles. The summed E-state index contributed by atoms with van der Waals surface area (Å²) in [6.45, 7) is 16.2. The van der Waals surface area contributed by atoms with Gasteiger partial charge in [0.15, 0.2) is 0 Å². The maximum Gasteiger partial charge on any atom is 0.0619 e. The van der Waals surface area contributed by atoms with Crippen molar-refractivity contribution in [2.24, 2.45) is 11.3 Å². The second-order valence-corrected chi connectivity index (χ2v) is 6.02. The third-order valence-corrected chi connectivity index (χ3v) is 2.66. The highest BCUT2D eigenvalue weighted by Crippen LogP contribution is 2.26. The average Bonchev–Trinajstić information content (AvgIpc) is 2.11. The number of rotatable bonds is 8. The monoisotopic (exact) mass is 229 g/mol. The number of ether oxygens (including phenoxy) is 1. The molecule has 0 spiro atoms. The topological polar surface area (TPSA) is 21.3 Å². The van der Waals surface area contributed by atoms with E-state index in [-0.39, 0.29) is 0 Å². The molecule has 0 rings (SSSR count). The minimum absolute atomic E-state index is 0.432. The summed E-state index contributed by atoms with van der Waals surface area (Å²) in [7, 11) is 0. The first-order valence-electron chi connectivity index (χ1n) is 6.70. The maximum atomic E-state index is 5.52. The standard InChI is InChI=1S/C14H31NO/c1-7-15-13(11-16-8-2)9-12(3)10-14(4,5)6/h12-13,15H,7-11H2,1-6H3. The second-order valence-electron chi connectivity index (χ2n) is 6.02. The van der Waals surface area contributed by atoms with E-state index in [1.165, 1.54) is 12.8 Å². The Hall–Kier alpha value is -0.0800. The van der Waals surface area contributed by atoms with Gasteiger partial charge < -0.3 is 10.1 Å². The molecule has 2 atom stereocenters. The van der Waals surface area contributed by atoms with Crippen LogP contribution < -0.4 is 5.32 Å². The summed E-state index contributed by atoms with van der Waals surface area (Å²) in [4.78, 5) is 0. The summed E-state index contributed by atoms with van der Waals surface area (Å²) in [5, 5.41) is 3.51. The Morgan fingerprint density at radius 2 is 1.81 bits per heavy atom. The van der Waals surface area contributed by atoms with E-state index >= 15 is 0 Å². The highest BCUT2D eigenvalue weighted by atomic mass is 16.5. The fourth-order valence-electron chi connectivity index (χ4n) is 2.37. The molecule has 0 amide bonds. The average molecular weight is 229 g/mol. The summed E-state index contributed by atoms with van der Waals surface area (Å²) < 4.78 is 5.52. The van der Waals surface area contributed by atoms with Crippen LogP contribution >= 0.6 is 0 Å². The first-order chi connectivity index (χ1) is 7.39. The number of likely N-dealkylation sites (N-methyl/N-ethyl adjacent to an activating group) is 1. The van der Waals surface area contributed by atoms with Crippen molar-refractivity contribution in [3.63, 3.8) is 0 Å². The Morgan fingerprint density at radius 1 is 1.19 bits per heavy atom. The predicted molar refractivity (Wildman–Crippen MR) is 71.8 cm³/mol. The Bertz CT molecular complexity index is 163. The molecule has 0 aromatic heterocycles. The van der Waals surface area contributed by atoms with Gasteiger partial charge in [0, 0.05) is 12.6 Å². The highest BCUT2D eigenvalue weighted by Gasteiger charge is 2.18. The Labute approximate surface area is 102 Å². The summed E-state index contributed by atoms with van der Waals surface area (Å²) in [5.41, 5.74) is 0.432. The molecule has 0 aromatic rings. The number of nitrogens with one attached hydrogen (secondary N) is 1. The third-order valence-electron chi connectivity index (χ3n) is 2.66. The molecule has 16 heavy (non-hydrogen) atoms. The van der Waals surface area contributed by atoms with Crippen LogP contribution in [0.2, 0.25) is 0 Å². The van der Waals surface area contributed by atoms with E-state index in [2.05, 4.69) is 46.9 Å². The van der Waals surface area contributed by atoms with E-state index in [0.29, 0.717) is 11.5 Å². The lowest BCUT2D eigenvalue weighted by Gasteiger charge is -2.27. The van der Waals surface area contributed by atoms with E-state index in [0.717, 1.165) is 25.7 Å². The Balaban J connectivity index is 3.96. The molecule has 1 N–H and O–H groups in total. The van der Waals surface area contributed by atoms with E-state index in [9.17, 15) is 0 Å². The van der Waals surface area contributed by atoms with E-state index < -0.39 is 0 Å². The molecule has 2 heteroatoms. The van der Waals surface area contributed by atoms with Crippen molar-refractivity contribution in [3.8, 4) is 0 Å². The molecule has 0 fully saturated rings. The molecule has 0 aliphatic rings. The zero-order chi connectivity index (χ0) is 12.6. The lowest BCUT2D eigenvalue weighted by atomic mass is 9.83. The molecule has 0 aliphatic carbocycles. The van der Waals surface area contributed by atoms with Crippen molar-refractivity contribution in [2.75, 3.05) is 19.8 Å². The third kappa shape index (κ3) is 9.17. The van der Waals surface area contributed by atoms with Gasteiger partial charge in [0.1, 0.15) is 0 Å². The molecule has 2 unspecified atom stereocenters. The van der Waals surface area contributed by atoms with Crippen molar-refractivity contribution < 1.29 is 4.74 Å². The van der Waals surface area contributed by atoms with Gasteiger partial charge in [0.25, 0.3) is 0 Å². The van der Waals surface area contributed by atoms with Crippen LogP contribution in [0.4, 0.5) is 0 Å². The van der Waals surface area contributed by atoms with Crippen molar-refractivity contribution in [1.82, 2.24) is 5.32 Å². The minimum Gasteiger partial charge on any atom is -0.380 e. The molecule has 98 valence electrons. The lowest BCUT2D eigenvalue weighted by molar-refractivity contribution is 0.112. The zero-order valence-electron chi connectivity index (χ0n) is 12.1. The van der Waals surface area contributed by atoms with Crippen molar-refractivity contribution in [3.05, 3.63) is 0 Å². The minimum atomic E-state index is 0.432. The number of hydrogen-bond donors (Lipinski definition) is 1. The first-order valence-corrected chi connectivity index (χ1v) is 6.70. The highest BCUT2D eigenvalue weighted by molar-refractivity contribution is 4.73. The van der Waals surface area contributed by atoms with Crippen LogP contribution in [0, 0.1) is 11.3 Å². The summed E-state index contributed by atoms with van der Waals surface area (Å²) in [6, 6.07) is 0.516. The van der Waals surface area contributed by atoms with Crippen LogP contribution in [-0.4, -0.2) is 25.8 Å². The Morgan fingerprint density at radius 3 is 2.25 bits per heavy atom. The fraction of sp³-hybridized carbons (Fsp3) is 1.00. The van der Waals surface area contributed by atoms with Crippen LogP contribution in [0.25, 0.3) is 0 Å². The molecule has 0 aliphatic heterocycles. The molecular formula is C14H31NO. The largest absolute Gasteiger partial charge is 0.380 e. The second kappa shape index (κ2) is 8.08. The van der Waals surface area contributed by atoms with Gasteiger partial charge in [-0.15, -0.1) is 0 Å². The van der Waals surface area contributed by atoms with Crippen LogP contribution in [-0.2, 0) is 4.74 Å². The number of hydrogen-bond acceptors (Lipinski definition) is 2. The van der Waals surface area contributed by atoms with Gasteiger partial charge in [-0.1, -0.05) is 34.6 Å². The van der Waals surface area contributed by atoms with Crippen LogP contribution in [0.5, 0.6) is 0 Å². The quantitative estimate of drug-likeness (QED) is 0.688. The SMILES string of the molecule is CCNC(COCC)CC(C)CC(C)(C)C. The first kappa shape index (κ1) is 15.9. The molecular weight excluding hydrogens is 198 g/mol. The molecule has 0 aromatic carbocycles. The molecule has 0 bridgehead atoms. The zero-order valence-corrected chi connectivity index (χ0v) is 12.1. The van der Waals surface area contributed by atoms with Gasteiger partial charge >= 0.3 is 0 Å². The van der Waals surface area contributed by atoms with Gasteiger partial charge in [-0.3, -0.25) is 0 Å². The molecule has 0 radical (unpaired) electrons. The summed E-state index contributed by atoms with van der Waals surface area (Å²) >= 11 is 0. The van der Waals surface area contributed by atoms with Crippen LogP contribution in [0.15, 0.2) is 0 Å². The van der Waals surface area contributed by atoms with Gasteiger partial charge in [-0.25, -0.2) is 0 Å². The van der Waals surface area contributed by atoms with E-state index in [4.69, 9.17) is 4.74 Å². The maximum absolute atomic E-state index is 5.52. The smallest absolute Gasteiger partial charge is 0.0619 e. The van der Waals surface area contributed by atoms with E-state index in [1.54, 1.807) is 0 Å². The summed E-state index contributed by atoms with van der Waals surface area (Å²) in [6.07, 6.45) is 2.49. The van der Waals surface area contributed by atoms with Crippen molar-refractivity contribution >= 4 is 0 Å². The lowest BCUT2D eigenvalue weighted by Crippen LogP contribution is -2.35. The Kier molecular flexibility index (Phi) is 8.04. The fourth-order valence-corrected chi connectivity index (χ4v) is 2.37. The molecule has 0 saturated carbocycles. The molecule has 2 nitrogen and oxygen atoms in total. The van der Waals surface area contributed by atoms with Crippen molar-refractivity contribution in [1.29, 1.82) is 0 Å². The van der Waals surface area contributed by atoms with Gasteiger partial charge in [0.2, 0.25) is 0 Å². The van der Waals surface area contributed by atoms with Crippen molar-refractivity contribution in [2.45, 2.75) is 60.4 Å². The van der Waals surface area contributed by atoms with Gasteiger partial charge in [-0.2, -0.15) is 0 Å². The van der Waals surface area contributed by atoms with Gasteiger partial charge in [-0.05, 0) is 37.6 Å².